The normalized spacial score (nSPS) is 10.8. The summed E-state index contributed by atoms with van der Waals surface area (Å²) in [6.45, 7) is 0. The van der Waals surface area contributed by atoms with Gasteiger partial charge in [0.05, 0.1) is 17.1 Å². The summed E-state index contributed by atoms with van der Waals surface area (Å²) >= 11 is 0. The van der Waals surface area contributed by atoms with Gasteiger partial charge in [-0.15, -0.1) is 0 Å². The zero-order valence-corrected chi connectivity index (χ0v) is 10.0. The molecule has 0 atom stereocenters. The molecule has 2 aromatic rings. The summed E-state index contributed by atoms with van der Waals surface area (Å²) in [5.41, 5.74) is 8.92. The Kier molecular flexibility index (Phi) is 3.57. The van der Waals surface area contributed by atoms with E-state index in [-0.39, 0.29) is 5.82 Å². The number of hydrogen-bond donors (Lipinski definition) is 2. The van der Waals surface area contributed by atoms with Crippen molar-refractivity contribution in [3.8, 4) is 0 Å². The molecule has 0 aliphatic carbocycles. The third-order valence-corrected chi connectivity index (χ3v) is 2.54. The van der Waals surface area contributed by atoms with Crippen molar-refractivity contribution in [2.24, 2.45) is 4.99 Å². The van der Waals surface area contributed by atoms with Gasteiger partial charge in [-0.05, 0) is 35.9 Å². The summed E-state index contributed by atoms with van der Waals surface area (Å²) in [5, 5.41) is 2.99. The van der Waals surface area contributed by atoms with Crippen molar-refractivity contribution in [2.75, 3.05) is 18.1 Å². The monoisotopic (exact) mass is 243 g/mol. The maximum Gasteiger partial charge on any atom is 0.123 e. The predicted octanol–water partition coefficient (Wildman–Crippen LogP) is 3.20. The summed E-state index contributed by atoms with van der Waals surface area (Å²) in [7, 11) is 1.80. The Hall–Kier alpha value is -2.36. The van der Waals surface area contributed by atoms with Crippen LogP contribution in [-0.4, -0.2) is 13.3 Å². The number of nitrogens with zero attached hydrogens (tertiary/aromatic N) is 1. The molecule has 0 amide bonds. The van der Waals surface area contributed by atoms with Crippen LogP contribution in [0, 0.1) is 5.82 Å². The maximum atomic E-state index is 12.7. The average Bonchev–Trinajstić information content (AvgIpc) is 2.39. The molecule has 3 nitrogen and oxygen atoms in total. The standard InChI is InChI=1S/C14H14FN3/c1-17-14-8-12(6-7-13(14)16)18-9-10-2-4-11(15)5-3-10/h2-9,17H,16H2,1H3. The molecule has 0 unspecified atom stereocenters. The highest BCUT2D eigenvalue weighted by Gasteiger charge is 1.97. The van der Waals surface area contributed by atoms with Crippen LogP contribution in [0.2, 0.25) is 0 Å². The summed E-state index contributed by atoms with van der Waals surface area (Å²) < 4.78 is 12.7. The molecule has 0 fully saturated rings. The molecule has 0 radical (unpaired) electrons. The van der Waals surface area contributed by atoms with Gasteiger partial charge in [0.2, 0.25) is 0 Å². The van der Waals surface area contributed by atoms with Crippen LogP contribution < -0.4 is 11.1 Å². The van der Waals surface area contributed by atoms with Gasteiger partial charge in [-0.25, -0.2) is 4.39 Å². The van der Waals surface area contributed by atoms with Crippen LogP contribution in [0.25, 0.3) is 0 Å². The first-order chi connectivity index (χ1) is 8.69. The van der Waals surface area contributed by atoms with E-state index in [1.807, 2.05) is 12.1 Å². The number of nitrogens with two attached hydrogens (primary N) is 1. The lowest BCUT2D eigenvalue weighted by atomic mass is 10.2. The fourth-order valence-electron chi connectivity index (χ4n) is 1.54. The molecule has 2 aromatic carbocycles. The fraction of sp³-hybridized carbons (Fsp3) is 0.0714. The van der Waals surface area contributed by atoms with Gasteiger partial charge in [0.1, 0.15) is 5.82 Å². The molecule has 0 heterocycles. The van der Waals surface area contributed by atoms with Crippen molar-refractivity contribution in [1.29, 1.82) is 0 Å². The lowest BCUT2D eigenvalue weighted by Gasteiger charge is -2.04. The quantitative estimate of drug-likeness (QED) is 0.642. The topological polar surface area (TPSA) is 50.4 Å². The van der Waals surface area contributed by atoms with Gasteiger partial charge in [0, 0.05) is 13.3 Å². The van der Waals surface area contributed by atoms with E-state index in [4.69, 9.17) is 5.73 Å². The zero-order valence-electron chi connectivity index (χ0n) is 10.0. The van der Waals surface area contributed by atoms with Crippen molar-refractivity contribution in [2.45, 2.75) is 0 Å². The summed E-state index contributed by atoms with van der Waals surface area (Å²) in [6, 6.07) is 11.6. The number of nitrogen functional groups attached to an aromatic ring is 1. The van der Waals surface area contributed by atoms with E-state index in [2.05, 4.69) is 10.3 Å². The van der Waals surface area contributed by atoms with Gasteiger partial charge in [0.15, 0.2) is 0 Å². The van der Waals surface area contributed by atoms with Crippen LogP contribution in [0.3, 0.4) is 0 Å². The van der Waals surface area contributed by atoms with Crippen LogP contribution in [-0.2, 0) is 0 Å². The minimum absolute atomic E-state index is 0.253. The third kappa shape index (κ3) is 2.85. The molecule has 2 rings (SSSR count). The molecule has 0 aliphatic rings. The van der Waals surface area contributed by atoms with Gasteiger partial charge in [0.25, 0.3) is 0 Å². The third-order valence-electron chi connectivity index (χ3n) is 2.54. The van der Waals surface area contributed by atoms with Gasteiger partial charge in [-0.2, -0.15) is 0 Å². The van der Waals surface area contributed by atoms with Crippen molar-refractivity contribution in [3.63, 3.8) is 0 Å². The molecule has 0 saturated carbocycles. The molecule has 0 spiro atoms. The van der Waals surface area contributed by atoms with E-state index in [1.165, 1.54) is 12.1 Å². The van der Waals surface area contributed by atoms with Crippen molar-refractivity contribution in [3.05, 3.63) is 53.8 Å². The average molecular weight is 243 g/mol. The molecule has 0 aromatic heterocycles. The van der Waals surface area contributed by atoms with E-state index in [0.717, 1.165) is 16.9 Å². The van der Waals surface area contributed by atoms with Crippen molar-refractivity contribution in [1.82, 2.24) is 0 Å². The molecular weight excluding hydrogens is 229 g/mol. The van der Waals surface area contributed by atoms with Crippen LogP contribution in [0.4, 0.5) is 21.5 Å². The molecule has 0 aliphatic heterocycles. The highest BCUT2D eigenvalue weighted by Crippen LogP contribution is 2.24. The number of rotatable bonds is 3. The smallest absolute Gasteiger partial charge is 0.123 e. The minimum Gasteiger partial charge on any atom is -0.397 e. The summed E-state index contributed by atoms with van der Waals surface area (Å²) in [6.07, 6.45) is 1.68. The number of hydrogen-bond acceptors (Lipinski definition) is 3. The number of halogens is 1. The summed E-state index contributed by atoms with van der Waals surface area (Å²) in [5.74, 6) is -0.253. The highest BCUT2D eigenvalue weighted by molar-refractivity contribution is 5.82. The van der Waals surface area contributed by atoms with E-state index in [1.54, 1.807) is 31.5 Å². The fourth-order valence-corrected chi connectivity index (χ4v) is 1.54. The minimum atomic E-state index is -0.253. The zero-order chi connectivity index (χ0) is 13.0. The molecular formula is C14H14FN3. The second-order valence-electron chi connectivity index (χ2n) is 3.83. The lowest BCUT2D eigenvalue weighted by Crippen LogP contribution is -1.94. The number of anilines is 2. The first kappa shape index (κ1) is 12.1. The summed E-state index contributed by atoms with van der Waals surface area (Å²) in [4.78, 5) is 4.31. The Labute approximate surface area is 105 Å². The second kappa shape index (κ2) is 5.31. The van der Waals surface area contributed by atoms with Crippen molar-refractivity contribution >= 4 is 23.3 Å². The highest BCUT2D eigenvalue weighted by atomic mass is 19.1. The van der Waals surface area contributed by atoms with Gasteiger partial charge >= 0.3 is 0 Å². The molecule has 0 bridgehead atoms. The van der Waals surface area contributed by atoms with Crippen molar-refractivity contribution < 1.29 is 4.39 Å². The van der Waals surface area contributed by atoms with Crippen LogP contribution in [0.1, 0.15) is 5.56 Å². The Balaban J connectivity index is 2.20. The Morgan fingerprint density at radius 2 is 1.89 bits per heavy atom. The van der Waals surface area contributed by atoms with E-state index < -0.39 is 0 Å². The maximum absolute atomic E-state index is 12.7. The van der Waals surface area contributed by atoms with Gasteiger partial charge in [-0.1, -0.05) is 12.1 Å². The first-order valence-electron chi connectivity index (χ1n) is 5.56. The Morgan fingerprint density at radius 3 is 2.56 bits per heavy atom. The van der Waals surface area contributed by atoms with Gasteiger partial charge in [-0.3, -0.25) is 4.99 Å². The largest absolute Gasteiger partial charge is 0.397 e. The SMILES string of the molecule is CNc1cc(N=Cc2ccc(F)cc2)ccc1N. The van der Waals surface area contributed by atoms with E-state index in [0.29, 0.717) is 5.69 Å². The first-order valence-corrected chi connectivity index (χ1v) is 5.56. The van der Waals surface area contributed by atoms with E-state index >= 15 is 0 Å². The van der Waals surface area contributed by atoms with Crippen LogP contribution in [0.15, 0.2) is 47.5 Å². The molecule has 18 heavy (non-hydrogen) atoms. The van der Waals surface area contributed by atoms with Crippen LogP contribution in [0.5, 0.6) is 0 Å². The molecule has 92 valence electrons. The van der Waals surface area contributed by atoms with Gasteiger partial charge < -0.3 is 11.1 Å². The Bertz CT molecular complexity index is 562. The lowest BCUT2D eigenvalue weighted by molar-refractivity contribution is 0.628. The molecule has 4 heteroatoms. The molecule has 3 N–H and O–H groups in total. The predicted molar refractivity (Wildman–Crippen MR) is 74.1 cm³/mol. The number of nitrogens with one attached hydrogen (secondary N) is 1. The van der Waals surface area contributed by atoms with E-state index in [9.17, 15) is 4.39 Å². The number of aliphatic imine (C=N–C) groups is 1. The molecule has 0 saturated heterocycles. The number of benzene rings is 2. The Morgan fingerprint density at radius 1 is 1.17 bits per heavy atom. The second-order valence-corrected chi connectivity index (χ2v) is 3.83. The van der Waals surface area contributed by atoms with Crippen LogP contribution >= 0.6 is 0 Å².